The zero-order valence-corrected chi connectivity index (χ0v) is 12.9. The van der Waals surface area contributed by atoms with E-state index in [4.69, 9.17) is 0 Å². The van der Waals surface area contributed by atoms with Gasteiger partial charge in [-0.05, 0) is 30.6 Å². The molecule has 2 amide bonds. The number of likely N-dealkylation sites (tertiary alicyclic amines) is 1. The van der Waals surface area contributed by atoms with E-state index in [0.29, 0.717) is 19.3 Å². The van der Waals surface area contributed by atoms with Gasteiger partial charge in [-0.25, -0.2) is 4.79 Å². The van der Waals surface area contributed by atoms with Gasteiger partial charge in [0, 0.05) is 12.8 Å². The van der Waals surface area contributed by atoms with Gasteiger partial charge in [-0.15, -0.1) is 0 Å². The van der Waals surface area contributed by atoms with Crippen molar-refractivity contribution < 1.29 is 19.5 Å². The first kappa shape index (κ1) is 16.0. The van der Waals surface area contributed by atoms with Crippen molar-refractivity contribution in [3.63, 3.8) is 0 Å². The van der Waals surface area contributed by atoms with E-state index in [-0.39, 0.29) is 23.1 Å². The highest BCUT2D eigenvalue weighted by Crippen LogP contribution is 2.45. The van der Waals surface area contributed by atoms with Crippen LogP contribution in [0.4, 0.5) is 0 Å². The fourth-order valence-corrected chi connectivity index (χ4v) is 3.78. The molecule has 5 heteroatoms. The quantitative estimate of drug-likeness (QED) is 0.809. The average molecular weight is 295 g/mol. The molecule has 0 bridgehead atoms. The van der Waals surface area contributed by atoms with E-state index in [0.717, 1.165) is 30.6 Å². The summed E-state index contributed by atoms with van der Waals surface area (Å²) in [5.74, 6) is -1.54. The molecule has 21 heavy (non-hydrogen) atoms. The second-order valence-electron chi connectivity index (χ2n) is 7.06. The molecule has 1 heterocycles. The number of aliphatic carboxylic acids is 1. The summed E-state index contributed by atoms with van der Waals surface area (Å²) in [5.41, 5.74) is -0.191. The molecule has 2 fully saturated rings. The molecule has 1 atom stereocenters. The molecule has 1 unspecified atom stereocenters. The van der Waals surface area contributed by atoms with E-state index >= 15 is 0 Å². The van der Waals surface area contributed by atoms with Gasteiger partial charge in [0.1, 0.15) is 6.04 Å². The van der Waals surface area contributed by atoms with Crippen LogP contribution in [-0.2, 0) is 14.4 Å². The normalized spacial score (nSPS) is 23.7. The smallest absolute Gasteiger partial charge is 0.326 e. The minimum atomic E-state index is -1.08. The van der Waals surface area contributed by atoms with Crippen LogP contribution in [0.5, 0.6) is 0 Å². The number of hydrogen-bond donors (Lipinski definition) is 1. The Morgan fingerprint density at radius 1 is 1.14 bits per heavy atom. The Balaban J connectivity index is 2.16. The number of piperidine rings is 1. The molecule has 1 N–H and O–H groups in total. The highest BCUT2D eigenvalue weighted by atomic mass is 16.4. The number of amides is 2. The van der Waals surface area contributed by atoms with Crippen molar-refractivity contribution in [1.29, 1.82) is 0 Å². The highest BCUT2D eigenvalue weighted by molar-refractivity contribution is 6.01. The maximum absolute atomic E-state index is 12.4. The molecule has 1 aliphatic carbocycles. The number of nitrogens with zero attached hydrogens (tertiary/aromatic N) is 1. The summed E-state index contributed by atoms with van der Waals surface area (Å²) in [7, 11) is 0. The lowest BCUT2D eigenvalue weighted by Crippen LogP contribution is -2.55. The maximum atomic E-state index is 12.4. The van der Waals surface area contributed by atoms with Gasteiger partial charge >= 0.3 is 5.97 Å². The molecule has 1 saturated heterocycles. The van der Waals surface area contributed by atoms with Gasteiger partial charge in [0.15, 0.2) is 0 Å². The zero-order valence-electron chi connectivity index (χ0n) is 12.9. The molecular formula is C16H25NO4. The standard InChI is InChI=1S/C16H25NO4/c1-11(2)8-12(15(20)21)17-13(18)9-16(10-14(17)19)6-4-3-5-7-16/h11-12H,3-10H2,1-2H3,(H,20,21). The third-order valence-corrected chi connectivity index (χ3v) is 4.80. The van der Waals surface area contributed by atoms with Crippen molar-refractivity contribution in [2.24, 2.45) is 11.3 Å². The third kappa shape index (κ3) is 3.44. The van der Waals surface area contributed by atoms with E-state index in [2.05, 4.69) is 0 Å². The predicted molar refractivity (Wildman–Crippen MR) is 77.5 cm³/mol. The molecule has 1 spiro atoms. The summed E-state index contributed by atoms with van der Waals surface area (Å²) < 4.78 is 0. The highest BCUT2D eigenvalue weighted by Gasteiger charge is 2.47. The summed E-state index contributed by atoms with van der Waals surface area (Å²) in [4.78, 5) is 37.4. The third-order valence-electron chi connectivity index (χ3n) is 4.80. The van der Waals surface area contributed by atoms with Crippen LogP contribution in [0.2, 0.25) is 0 Å². The molecule has 2 aliphatic rings. The van der Waals surface area contributed by atoms with Crippen LogP contribution in [-0.4, -0.2) is 33.8 Å². The van der Waals surface area contributed by atoms with Gasteiger partial charge in [0.25, 0.3) is 0 Å². The number of carboxylic acid groups (broad SMARTS) is 1. The molecule has 118 valence electrons. The Morgan fingerprint density at radius 2 is 1.67 bits per heavy atom. The van der Waals surface area contributed by atoms with Crippen molar-refractivity contribution in [1.82, 2.24) is 4.90 Å². The Labute approximate surface area is 125 Å². The van der Waals surface area contributed by atoms with E-state index in [9.17, 15) is 19.5 Å². The molecule has 2 rings (SSSR count). The SMILES string of the molecule is CC(C)CC(C(=O)O)N1C(=O)CC2(CCCCC2)CC1=O. The van der Waals surface area contributed by atoms with Crippen molar-refractivity contribution in [2.75, 3.05) is 0 Å². The van der Waals surface area contributed by atoms with Crippen molar-refractivity contribution >= 4 is 17.8 Å². The lowest BCUT2D eigenvalue weighted by Gasteiger charge is -2.43. The lowest BCUT2D eigenvalue weighted by molar-refractivity contribution is -0.165. The number of carbonyl (C=O) groups excluding carboxylic acids is 2. The van der Waals surface area contributed by atoms with Crippen molar-refractivity contribution in [3.8, 4) is 0 Å². The minimum absolute atomic E-state index is 0.122. The number of carboxylic acids is 1. The monoisotopic (exact) mass is 295 g/mol. The van der Waals surface area contributed by atoms with Crippen LogP contribution in [0, 0.1) is 11.3 Å². The van der Waals surface area contributed by atoms with Crippen LogP contribution in [0.15, 0.2) is 0 Å². The van der Waals surface area contributed by atoms with Gasteiger partial charge in [0.2, 0.25) is 11.8 Å². The van der Waals surface area contributed by atoms with Crippen molar-refractivity contribution in [3.05, 3.63) is 0 Å². The van der Waals surface area contributed by atoms with Gasteiger partial charge in [-0.3, -0.25) is 14.5 Å². The van der Waals surface area contributed by atoms with E-state index in [1.54, 1.807) is 0 Å². The number of imide groups is 1. The zero-order chi connectivity index (χ0) is 15.6. The summed E-state index contributed by atoms with van der Waals surface area (Å²) in [6.07, 6.45) is 6.12. The molecule has 0 aromatic rings. The first-order valence-corrected chi connectivity index (χ1v) is 7.92. The van der Waals surface area contributed by atoms with E-state index in [1.807, 2.05) is 13.8 Å². The Hall–Kier alpha value is -1.39. The molecule has 1 aliphatic heterocycles. The summed E-state index contributed by atoms with van der Waals surface area (Å²) in [6.45, 7) is 3.80. The summed E-state index contributed by atoms with van der Waals surface area (Å²) in [5, 5.41) is 9.37. The lowest BCUT2D eigenvalue weighted by atomic mass is 9.67. The predicted octanol–water partition coefficient (Wildman–Crippen LogP) is 2.59. The maximum Gasteiger partial charge on any atom is 0.326 e. The molecule has 5 nitrogen and oxygen atoms in total. The fourth-order valence-electron chi connectivity index (χ4n) is 3.78. The van der Waals surface area contributed by atoms with E-state index in [1.165, 1.54) is 6.42 Å². The molecule has 0 radical (unpaired) electrons. The van der Waals surface area contributed by atoms with Gasteiger partial charge in [-0.2, -0.15) is 0 Å². The topological polar surface area (TPSA) is 74.7 Å². The number of carbonyl (C=O) groups is 3. The van der Waals surface area contributed by atoms with Gasteiger partial charge < -0.3 is 5.11 Å². The largest absolute Gasteiger partial charge is 0.480 e. The second-order valence-corrected chi connectivity index (χ2v) is 7.06. The van der Waals surface area contributed by atoms with Crippen LogP contribution >= 0.6 is 0 Å². The minimum Gasteiger partial charge on any atom is -0.480 e. The summed E-state index contributed by atoms with van der Waals surface area (Å²) in [6, 6.07) is -1.01. The Morgan fingerprint density at radius 3 is 2.10 bits per heavy atom. The van der Waals surface area contributed by atoms with E-state index < -0.39 is 12.0 Å². The van der Waals surface area contributed by atoms with Gasteiger partial charge in [-0.1, -0.05) is 33.1 Å². The van der Waals surface area contributed by atoms with Crippen LogP contribution in [0.25, 0.3) is 0 Å². The first-order chi connectivity index (χ1) is 9.84. The van der Waals surface area contributed by atoms with Crippen LogP contribution in [0.1, 0.15) is 65.2 Å². The number of rotatable bonds is 4. The van der Waals surface area contributed by atoms with Crippen LogP contribution in [0.3, 0.4) is 0 Å². The van der Waals surface area contributed by atoms with Crippen LogP contribution < -0.4 is 0 Å². The molecular weight excluding hydrogens is 270 g/mol. The average Bonchev–Trinajstić information content (AvgIpc) is 2.36. The number of hydrogen-bond acceptors (Lipinski definition) is 3. The molecule has 0 aromatic carbocycles. The Bertz CT molecular complexity index is 418. The summed E-state index contributed by atoms with van der Waals surface area (Å²) >= 11 is 0. The molecule has 1 saturated carbocycles. The second kappa shape index (κ2) is 6.16. The van der Waals surface area contributed by atoms with Crippen molar-refractivity contribution in [2.45, 2.75) is 71.3 Å². The van der Waals surface area contributed by atoms with Gasteiger partial charge in [0.05, 0.1) is 0 Å². The fraction of sp³-hybridized carbons (Fsp3) is 0.812. The first-order valence-electron chi connectivity index (χ1n) is 7.92. The molecule has 0 aromatic heterocycles. The Kier molecular flexibility index (Phi) is 4.69.